The first-order valence-electron chi connectivity index (χ1n) is 5.07. The van der Waals surface area contributed by atoms with Crippen LogP contribution in [-0.4, -0.2) is 30.0 Å². The van der Waals surface area contributed by atoms with Crippen molar-refractivity contribution in [2.45, 2.75) is 18.8 Å². The minimum atomic E-state index is 0.602. The van der Waals surface area contributed by atoms with Crippen molar-refractivity contribution in [3.05, 3.63) is 29.0 Å². The largest absolute Gasteiger partial charge is 0.306 e. The third-order valence-corrected chi connectivity index (χ3v) is 3.08. The predicted molar refractivity (Wildman–Crippen MR) is 58.7 cm³/mol. The summed E-state index contributed by atoms with van der Waals surface area (Å²) in [6, 6.07) is 5.91. The molecule has 0 atom stereocenters. The summed E-state index contributed by atoms with van der Waals surface area (Å²) >= 11 is 5.87. The van der Waals surface area contributed by atoms with Crippen LogP contribution in [0.1, 0.15) is 24.5 Å². The zero-order valence-electron chi connectivity index (χ0n) is 8.41. The standard InChI is InChI=1S/C11H15ClN2/c1-14-7-5-9(6-8-14)10-3-2-4-11(12)13-10/h2-4,9H,5-8H2,1H3. The van der Waals surface area contributed by atoms with E-state index in [9.17, 15) is 0 Å². The Morgan fingerprint density at radius 3 is 2.71 bits per heavy atom. The van der Waals surface area contributed by atoms with Gasteiger partial charge in [0.25, 0.3) is 0 Å². The quantitative estimate of drug-likeness (QED) is 0.663. The lowest BCUT2D eigenvalue weighted by Gasteiger charge is -2.28. The van der Waals surface area contributed by atoms with Crippen molar-refractivity contribution in [2.24, 2.45) is 0 Å². The van der Waals surface area contributed by atoms with Crippen LogP contribution >= 0.6 is 11.6 Å². The van der Waals surface area contributed by atoms with Crippen molar-refractivity contribution in [1.82, 2.24) is 9.88 Å². The molecule has 2 nitrogen and oxygen atoms in total. The molecular formula is C11H15ClN2. The Morgan fingerprint density at radius 1 is 1.36 bits per heavy atom. The molecule has 1 aliphatic heterocycles. The van der Waals surface area contributed by atoms with Crippen LogP contribution in [0.4, 0.5) is 0 Å². The molecule has 0 spiro atoms. The van der Waals surface area contributed by atoms with E-state index in [-0.39, 0.29) is 0 Å². The maximum absolute atomic E-state index is 5.87. The maximum Gasteiger partial charge on any atom is 0.129 e. The molecule has 0 unspecified atom stereocenters. The number of pyridine rings is 1. The average molecular weight is 211 g/mol. The van der Waals surface area contributed by atoms with Crippen LogP contribution in [0, 0.1) is 0 Å². The van der Waals surface area contributed by atoms with E-state index < -0.39 is 0 Å². The van der Waals surface area contributed by atoms with E-state index in [1.165, 1.54) is 25.9 Å². The van der Waals surface area contributed by atoms with Crippen molar-refractivity contribution >= 4 is 11.6 Å². The second kappa shape index (κ2) is 4.28. The third-order valence-electron chi connectivity index (χ3n) is 2.87. The van der Waals surface area contributed by atoms with Crippen LogP contribution in [-0.2, 0) is 0 Å². The molecule has 1 aromatic rings. The molecule has 0 amide bonds. The highest BCUT2D eigenvalue weighted by Gasteiger charge is 2.19. The van der Waals surface area contributed by atoms with Crippen LogP contribution in [0.3, 0.4) is 0 Å². The molecule has 2 rings (SSSR count). The summed E-state index contributed by atoms with van der Waals surface area (Å²) in [5.41, 5.74) is 1.16. The monoisotopic (exact) mass is 210 g/mol. The van der Waals surface area contributed by atoms with Crippen LogP contribution in [0.25, 0.3) is 0 Å². The third kappa shape index (κ3) is 2.25. The van der Waals surface area contributed by atoms with E-state index in [4.69, 9.17) is 11.6 Å². The summed E-state index contributed by atoms with van der Waals surface area (Å²) in [5.74, 6) is 0.602. The lowest BCUT2D eigenvalue weighted by atomic mass is 9.93. The molecule has 0 radical (unpaired) electrons. The smallest absolute Gasteiger partial charge is 0.129 e. The van der Waals surface area contributed by atoms with Gasteiger partial charge in [-0.15, -0.1) is 0 Å². The van der Waals surface area contributed by atoms with Crippen LogP contribution in [0.2, 0.25) is 5.15 Å². The fourth-order valence-electron chi connectivity index (χ4n) is 1.96. The highest BCUT2D eigenvalue weighted by molar-refractivity contribution is 6.29. The molecule has 1 aromatic heterocycles. The topological polar surface area (TPSA) is 16.1 Å². The Morgan fingerprint density at radius 2 is 2.07 bits per heavy atom. The fraction of sp³-hybridized carbons (Fsp3) is 0.545. The van der Waals surface area contributed by atoms with Crippen molar-refractivity contribution in [3.63, 3.8) is 0 Å². The molecule has 0 aliphatic carbocycles. The molecule has 14 heavy (non-hydrogen) atoms. The summed E-state index contributed by atoms with van der Waals surface area (Å²) in [4.78, 5) is 6.73. The predicted octanol–water partition coefficient (Wildman–Crippen LogP) is 2.54. The van der Waals surface area contributed by atoms with E-state index in [2.05, 4.69) is 23.0 Å². The van der Waals surface area contributed by atoms with E-state index in [1.807, 2.05) is 12.1 Å². The number of rotatable bonds is 1. The normalized spacial score (nSPS) is 19.9. The fourth-order valence-corrected chi connectivity index (χ4v) is 2.13. The Balaban J connectivity index is 2.08. The van der Waals surface area contributed by atoms with Gasteiger partial charge in [-0.2, -0.15) is 0 Å². The molecule has 0 bridgehead atoms. The number of piperidine rings is 1. The molecule has 0 N–H and O–H groups in total. The van der Waals surface area contributed by atoms with Gasteiger partial charge in [0, 0.05) is 11.6 Å². The van der Waals surface area contributed by atoms with Gasteiger partial charge in [-0.25, -0.2) is 4.98 Å². The zero-order chi connectivity index (χ0) is 9.97. The molecule has 1 fully saturated rings. The van der Waals surface area contributed by atoms with Crippen molar-refractivity contribution < 1.29 is 0 Å². The van der Waals surface area contributed by atoms with E-state index in [0.717, 1.165) is 5.69 Å². The number of nitrogens with zero attached hydrogens (tertiary/aromatic N) is 2. The summed E-state index contributed by atoms with van der Waals surface area (Å²) in [7, 11) is 2.17. The number of likely N-dealkylation sites (tertiary alicyclic amines) is 1. The molecule has 0 aromatic carbocycles. The van der Waals surface area contributed by atoms with Gasteiger partial charge in [-0.1, -0.05) is 17.7 Å². The van der Waals surface area contributed by atoms with Gasteiger partial charge >= 0.3 is 0 Å². The first kappa shape index (κ1) is 9.94. The van der Waals surface area contributed by atoms with Crippen molar-refractivity contribution in [1.29, 1.82) is 0 Å². The van der Waals surface area contributed by atoms with Crippen LogP contribution < -0.4 is 0 Å². The second-order valence-corrected chi connectivity index (χ2v) is 4.35. The van der Waals surface area contributed by atoms with E-state index >= 15 is 0 Å². The minimum absolute atomic E-state index is 0.602. The van der Waals surface area contributed by atoms with Gasteiger partial charge < -0.3 is 4.90 Å². The Bertz CT molecular complexity index is 306. The van der Waals surface area contributed by atoms with Gasteiger partial charge in [0.2, 0.25) is 0 Å². The first-order chi connectivity index (χ1) is 6.75. The Hall–Kier alpha value is -0.600. The van der Waals surface area contributed by atoms with Gasteiger partial charge in [0.1, 0.15) is 5.15 Å². The van der Waals surface area contributed by atoms with E-state index in [0.29, 0.717) is 11.1 Å². The van der Waals surface area contributed by atoms with E-state index in [1.54, 1.807) is 0 Å². The molecule has 3 heteroatoms. The Labute approximate surface area is 89.9 Å². The SMILES string of the molecule is CN1CCC(c2cccc(Cl)n2)CC1. The average Bonchev–Trinajstić information content (AvgIpc) is 2.19. The number of hydrogen-bond acceptors (Lipinski definition) is 2. The zero-order valence-corrected chi connectivity index (χ0v) is 9.17. The molecule has 1 saturated heterocycles. The molecular weight excluding hydrogens is 196 g/mol. The molecule has 0 saturated carbocycles. The van der Waals surface area contributed by atoms with Gasteiger partial charge in [-0.05, 0) is 45.1 Å². The highest BCUT2D eigenvalue weighted by atomic mass is 35.5. The van der Waals surface area contributed by atoms with Gasteiger partial charge in [-0.3, -0.25) is 0 Å². The Kier molecular flexibility index (Phi) is 3.04. The van der Waals surface area contributed by atoms with Crippen molar-refractivity contribution in [2.75, 3.05) is 20.1 Å². The maximum atomic E-state index is 5.87. The lowest BCUT2D eigenvalue weighted by molar-refractivity contribution is 0.253. The summed E-state index contributed by atoms with van der Waals surface area (Å²) < 4.78 is 0. The molecule has 76 valence electrons. The highest BCUT2D eigenvalue weighted by Crippen LogP contribution is 2.26. The lowest BCUT2D eigenvalue weighted by Crippen LogP contribution is -2.29. The summed E-state index contributed by atoms with van der Waals surface area (Å²) in [6.07, 6.45) is 2.40. The minimum Gasteiger partial charge on any atom is -0.306 e. The van der Waals surface area contributed by atoms with Crippen molar-refractivity contribution in [3.8, 4) is 0 Å². The number of hydrogen-bond donors (Lipinski definition) is 0. The van der Waals surface area contributed by atoms with Gasteiger partial charge in [0.05, 0.1) is 0 Å². The second-order valence-electron chi connectivity index (χ2n) is 3.96. The first-order valence-corrected chi connectivity index (χ1v) is 5.44. The van der Waals surface area contributed by atoms with Gasteiger partial charge in [0.15, 0.2) is 0 Å². The number of aromatic nitrogens is 1. The van der Waals surface area contributed by atoms with Crippen LogP contribution in [0.15, 0.2) is 18.2 Å². The number of halogens is 1. The van der Waals surface area contributed by atoms with Crippen LogP contribution in [0.5, 0.6) is 0 Å². The summed E-state index contributed by atoms with van der Waals surface area (Å²) in [5, 5.41) is 0.612. The summed E-state index contributed by atoms with van der Waals surface area (Å²) in [6.45, 7) is 2.33. The molecule has 2 heterocycles. The molecule has 1 aliphatic rings.